The van der Waals surface area contributed by atoms with Crippen molar-refractivity contribution in [1.29, 1.82) is 0 Å². The van der Waals surface area contributed by atoms with Crippen LogP contribution in [-0.4, -0.2) is 42.4 Å². The van der Waals surface area contributed by atoms with E-state index in [1.54, 1.807) is 0 Å². The number of hydrogen-bond donors (Lipinski definition) is 2. The Hall–Kier alpha value is -0.160. The van der Waals surface area contributed by atoms with Crippen molar-refractivity contribution >= 4 is 0 Å². The molecule has 13 heavy (non-hydrogen) atoms. The molecule has 1 atom stereocenters. The Morgan fingerprint density at radius 2 is 2.15 bits per heavy atom. The Morgan fingerprint density at radius 1 is 1.54 bits per heavy atom. The molecule has 1 saturated heterocycles. The fraction of sp³-hybridized carbons (Fsp3) is 1.00. The first kappa shape index (κ1) is 10.9. The van der Waals surface area contributed by atoms with Gasteiger partial charge in [-0.2, -0.15) is 0 Å². The van der Waals surface area contributed by atoms with E-state index in [-0.39, 0.29) is 6.61 Å². The van der Waals surface area contributed by atoms with Gasteiger partial charge in [0.1, 0.15) is 0 Å². The molecule has 0 bridgehead atoms. The minimum atomic E-state index is -0.446. The average molecular weight is 188 g/mol. The summed E-state index contributed by atoms with van der Waals surface area (Å²) in [5.41, 5.74) is 0. The van der Waals surface area contributed by atoms with Gasteiger partial charge in [-0.25, -0.2) is 5.90 Å². The van der Waals surface area contributed by atoms with Crippen molar-refractivity contribution in [2.75, 3.05) is 26.2 Å². The van der Waals surface area contributed by atoms with Crippen LogP contribution in [0.3, 0.4) is 0 Å². The lowest BCUT2D eigenvalue weighted by Crippen LogP contribution is -2.40. The summed E-state index contributed by atoms with van der Waals surface area (Å²) in [4.78, 5) is 6.66. The quantitative estimate of drug-likeness (QED) is 0.608. The number of aliphatic hydroxyl groups is 1. The van der Waals surface area contributed by atoms with Crippen LogP contribution in [0.1, 0.15) is 19.8 Å². The molecule has 0 aromatic heterocycles. The van der Waals surface area contributed by atoms with Crippen LogP contribution in [0.4, 0.5) is 0 Å². The van der Waals surface area contributed by atoms with Crippen molar-refractivity contribution in [2.24, 2.45) is 11.8 Å². The van der Waals surface area contributed by atoms with E-state index in [0.29, 0.717) is 6.54 Å². The molecule has 1 aliphatic heterocycles. The SMILES string of the molecule is CC1CCN(CC(O)CON)CC1. The largest absolute Gasteiger partial charge is 0.389 e. The summed E-state index contributed by atoms with van der Waals surface area (Å²) in [5, 5.41) is 9.42. The summed E-state index contributed by atoms with van der Waals surface area (Å²) < 4.78 is 0. The van der Waals surface area contributed by atoms with Crippen LogP contribution < -0.4 is 5.90 Å². The van der Waals surface area contributed by atoms with E-state index in [0.717, 1.165) is 19.0 Å². The third-order valence-corrected chi connectivity index (χ3v) is 2.63. The third kappa shape index (κ3) is 4.04. The minimum Gasteiger partial charge on any atom is -0.389 e. The predicted octanol–water partition coefficient (Wildman–Crippen LogP) is -0.0305. The second-order valence-electron chi connectivity index (χ2n) is 3.97. The molecule has 1 fully saturated rings. The van der Waals surface area contributed by atoms with Gasteiger partial charge in [-0.3, -0.25) is 0 Å². The number of nitrogens with zero attached hydrogens (tertiary/aromatic N) is 1. The number of aliphatic hydroxyl groups excluding tert-OH is 1. The molecule has 1 rings (SSSR count). The number of rotatable bonds is 4. The summed E-state index contributed by atoms with van der Waals surface area (Å²) >= 11 is 0. The topological polar surface area (TPSA) is 58.7 Å². The first-order valence-electron chi connectivity index (χ1n) is 4.94. The molecule has 4 heteroatoms. The van der Waals surface area contributed by atoms with Crippen LogP contribution in [0, 0.1) is 5.92 Å². The van der Waals surface area contributed by atoms with Gasteiger partial charge in [0.15, 0.2) is 0 Å². The molecule has 0 spiro atoms. The molecular formula is C9H20N2O2. The highest BCUT2D eigenvalue weighted by atomic mass is 16.6. The molecule has 1 heterocycles. The molecule has 0 aromatic rings. The molecule has 1 unspecified atom stereocenters. The Bertz CT molecular complexity index is 136. The van der Waals surface area contributed by atoms with E-state index in [1.807, 2.05) is 0 Å². The summed E-state index contributed by atoms with van der Waals surface area (Å²) in [6, 6.07) is 0. The lowest BCUT2D eigenvalue weighted by molar-refractivity contribution is 0.0107. The van der Waals surface area contributed by atoms with Gasteiger partial charge in [0.05, 0.1) is 12.7 Å². The second kappa shape index (κ2) is 5.54. The monoisotopic (exact) mass is 188 g/mol. The van der Waals surface area contributed by atoms with E-state index in [1.165, 1.54) is 12.8 Å². The van der Waals surface area contributed by atoms with Crippen molar-refractivity contribution in [3.8, 4) is 0 Å². The van der Waals surface area contributed by atoms with E-state index in [2.05, 4.69) is 16.7 Å². The molecule has 4 nitrogen and oxygen atoms in total. The first-order valence-corrected chi connectivity index (χ1v) is 4.94. The lowest BCUT2D eigenvalue weighted by Gasteiger charge is -2.31. The van der Waals surface area contributed by atoms with Gasteiger partial charge in [-0.15, -0.1) is 0 Å². The van der Waals surface area contributed by atoms with E-state index < -0.39 is 6.10 Å². The molecule has 78 valence electrons. The fourth-order valence-corrected chi connectivity index (χ4v) is 1.71. The molecular weight excluding hydrogens is 168 g/mol. The smallest absolute Gasteiger partial charge is 0.0951 e. The Kier molecular flexibility index (Phi) is 4.66. The number of likely N-dealkylation sites (tertiary alicyclic amines) is 1. The lowest BCUT2D eigenvalue weighted by atomic mass is 9.99. The molecule has 0 amide bonds. The number of β-amino-alcohol motifs (C(OH)–C–C–N with tert-alkyl or cyclic N) is 1. The molecule has 1 aliphatic rings. The first-order chi connectivity index (χ1) is 6.22. The molecule has 3 N–H and O–H groups in total. The number of piperidine rings is 1. The maximum absolute atomic E-state index is 9.42. The van der Waals surface area contributed by atoms with Crippen molar-refractivity contribution in [1.82, 2.24) is 4.90 Å². The van der Waals surface area contributed by atoms with Crippen LogP contribution in [0.5, 0.6) is 0 Å². The van der Waals surface area contributed by atoms with Crippen molar-refractivity contribution in [2.45, 2.75) is 25.9 Å². The zero-order valence-electron chi connectivity index (χ0n) is 8.28. The van der Waals surface area contributed by atoms with Crippen LogP contribution in [0.2, 0.25) is 0 Å². The highest BCUT2D eigenvalue weighted by Gasteiger charge is 2.17. The van der Waals surface area contributed by atoms with Gasteiger partial charge in [-0.1, -0.05) is 6.92 Å². The highest BCUT2D eigenvalue weighted by molar-refractivity contribution is 4.71. The highest BCUT2D eigenvalue weighted by Crippen LogP contribution is 2.15. The van der Waals surface area contributed by atoms with Crippen LogP contribution in [0.15, 0.2) is 0 Å². The number of nitrogens with two attached hydrogens (primary N) is 1. The Labute approximate surface area is 79.6 Å². The predicted molar refractivity (Wildman–Crippen MR) is 51.0 cm³/mol. The van der Waals surface area contributed by atoms with Gasteiger partial charge < -0.3 is 14.8 Å². The zero-order chi connectivity index (χ0) is 9.68. The second-order valence-corrected chi connectivity index (χ2v) is 3.97. The van der Waals surface area contributed by atoms with E-state index in [4.69, 9.17) is 5.90 Å². The van der Waals surface area contributed by atoms with E-state index in [9.17, 15) is 5.11 Å². The fourth-order valence-electron chi connectivity index (χ4n) is 1.71. The molecule has 0 aromatic carbocycles. The van der Waals surface area contributed by atoms with Crippen LogP contribution in [0.25, 0.3) is 0 Å². The van der Waals surface area contributed by atoms with Crippen molar-refractivity contribution in [3.63, 3.8) is 0 Å². The van der Waals surface area contributed by atoms with Gasteiger partial charge >= 0.3 is 0 Å². The van der Waals surface area contributed by atoms with Crippen LogP contribution in [-0.2, 0) is 4.84 Å². The zero-order valence-corrected chi connectivity index (χ0v) is 8.28. The van der Waals surface area contributed by atoms with Gasteiger partial charge in [-0.05, 0) is 31.8 Å². The van der Waals surface area contributed by atoms with Crippen molar-refractivity contribution in [3.05, 3.63) is 0 Å². The molecule has 0 radical (unpaired) electrons. The van der Waals surface area contributed by atoms with Gasteiger partial charge in [0, 0.05) is 6.54 Å². The maximum atomic E-state index is 9.42. The standard InChI is InChI=1S/C9H20N2O2/c1-8-2-4-11(5-3-8)6-9(12)7-13-10/h8-9,12H,2-7,10H2,1H3. The normalized spacial score (nSPS) is 23.3. The third-order valence-electron chi connectivity index (χ3n) is 2.63. The van der Waals surface area contributed by atoms with Crippen LogP contribution >= 0.6 is 0 Å². The summed E-state index contributed by atoms with van der Waals surface area (Å²) in [5.74, 6) is 5.71. The number of hydrogen-bond acceptors (Lipinski definition) is 4. The molecule has 0 aliphatic carbocycles. The summed E-state index contributed by atoms with van der Waals surface area (Å²) in [6.45, 7) is 5.36. The van der Waals surface area contributed by atoms with E-state index >= 15 is 0 Å². The van der Waals surface area contributed by atoms with Gasteiger partial charge in [0.2, 0.25) is 0 Å². The average Bonchev–Trinajstić information content (AvgIpc) is 2.09. The minimum absolute atomic E-state index is 0.228. The molecule has 0 saturated carbocycles. The maximum Gasteiger partial charge on any atom is 0.0951 e. The summed E-state index contributed by atoms with van der Waals surface area (Å²) in [7, 11) is 0. The Morgan fingerprint density at radius 3 is 2.69 bits per heavy atom. The van der Waals surface area contributed by atoms with Crippen molar-refractivity contribution < 1.29 is 9.94 Å². The Balaban J connectivity index is 2.14. The summed E-state index contributed by atoms with van der Waals surface area (Å²) in [6.07, 6.45) is 2.02. The van der Waals surface area contributed by atoms with Gasteiger partial charge in [0.25, 0.3) is 0 Å².